The van der Waals surface area contributed by atoms with E-state index in [0.717, 1.165) is 16.6 Å². The standard InChI is InChI=1S/C11H12N2O2/c1-6-4-5-8(11(14)15)10-9(6)7(2)13(3)12-10/h4-5H,1-3H3,(H,14,15). The summed E-state index contributed by atoms with van der Waals surface area (Å²) in [7, 11) is 1.82. The van der Waals surface area contributed by atoms with Gasteiger partial charge in [0.15, 0.2) is 0 Å². The summed E-state index contributed by atoms with van der Waals surface area (Å²) in [5, 5.41) is 14.2. The first kappa shape index (κ1) is 9.71. The molecule has 0 amide bonds. The number of carbonyl (C=O) groups is 1. The summed E-state index contributed by atoms with van der Waals surface area (Å²) in [4.78, 5) is 11.0. The zero-order valence-corrected chi connectivity index (χ0v) is 8.90. The molecule has 0 fully saturated rings. The fraction of sp³-hybridized carbons (Fsp3) is 0.273. The second kappa shape index (κ2) is 3.08. The van der Waals surface area contributed by atoms with E-state index in [1.54, 1.807) is 10.7 Å². The highest BCUT2D eigenvalue weighted by molar-refractivity contribution is 6.03. The van der Waals surface area contributed by atoms with Crippen molar-refractivity contribution < 1.29 is 9.90 Å². The average Bonchev–Trinajstić information content (AvgIpc) is 2.44. The maximum atomic E-state index is 11.0. The van der Waals surface area contributed by atoms with Gasteiger partial charge in [0, 0.05) is 18.1 Å². The van der Waals surface area contributed by atoms with Gasteiger partial charge in [-0.3, -0.25) is 4.68 Å². The lowest BCUT2D eigenvalue weighted by molar-refractivity contribution is 0.0699. The topological polar surface area (TPSA) is 55.1 Å². The maximum absolute atomic E-state index is 11.0. The summed E-state index contributed by atoms with van der Waals surface area (Å²) in [6.07, 6.45) is 0. The second-order valence-corrected chi connectivity index (χ2v) is 3.67. The summed E-state index contributed by atoms with van der Waals surface area (Å²) in [5.41, 5.74) is 2.88. The minimum absolute atomic E-state index is 0.263. The average molecular weight is 204 g/mol. The van der Waals surface area contributed by atoms with Crippen molar-refractivity contribution in [3.63, 3.8) is 0 Å². The van der Waals surface area contributed by atoms with Crippen LogP contribution in [0.1, 0.15) is 21.6 Å². The number of benzene rings is 1. The Morgan fingerprint density at radius 3 is 2.67 bits per heavy atom. The number of aromatic nitrogens is 2. The quantitative estimate of drug-likeness (QED) is 0.771. The normalized spacial score (nSPS) is 10.9. The zero-order valence-electron chi connectivity index (χ0n) is 8.90. The third kappa shape index (κ3) is 1.29. The van der Waals surface area contributed by atoms with Crippen LogP contribution in [-0.4, -0.2) is 20.9 Å². The fourth-order valence-electron chi connectivity index (χ4n) is 1.81. The number of aromatic carboxylic acids is 1. The van der Waals surface area contributed by atoms with Gasteiger partial charge >= 0.3 is 5.97 Å². The minimum atomic E-state index is -0.932. The van der Waals surface area contributed by atoms with E-state index in [1.165, 1.54) is 0 Å². The van der Waals surface area contributed by atoms with E-state index in [2.05, 4.69) is 5.10 Å². The molecule has 0 bridgehead atoms. The second-order valence-electron chi connectivity index (χ2n) is 3.67. The third-order valence-electron chi connectivity index (χ3n) is 2.71. The molecule has 0 aliphatic rings. The van der Waals surface area contributed by atoms with Gasteiger partial charge in [0.25, 0.3) is 0 Å². The van der Waals surface area contributed by atoms with Crippen molar-refractivity contribution in [2.45, 2.75) is 13.8 Å². The van der Waals surface area contributed by atoms with Crippen LogP contribution in [-0.2, 0) is 7.05 Å². The predicted octanol–water partition coefficient (Wildman–Crippen LogP) is 1.89. The molecule has 2 rings (SSSR count). The summed E-state index contributed by atoms with van der Waals surface area (Å²) in [6.45, 7) is 3.90. The van der Waals surface area contributed by atoms with Crippen molar-refractivity contribution in [2.24, 2.45) is 7.05 Å². The molecule has 4 heteroatoms. The van der Waals surface area contributed by atoms with Crippen LogP contribution in [0.3, 0.4) is 0 Å². The van der Waals surface area contributed by atoms with Gasteiger partial charge in [-0.15, -0.1) is 0 Å². The zero-order chi connectivity index (χ0) is 11.2. The highest BCUT2D eigenvalue weighted by Crippen LogP contribution is 2.24. The highest BCUT2D eigenvalue weighted by atomic mass is 16.4. The summed E-state index contributed by atoms with van der Waals surface area (Å²) < 4.78 is 1.71. The number of nitrogens with zero attached hydrogens (tertiary/aromatic N) is 2. The molecule has 1 heterocycles. The highest BCUT2D eigenvalue weighted by Gasteiger charge is 2.15. The lowest BCUT2D eigenvalue weighted by Gasteiger charge is -1.99. The first-order valence-electron chi connectivity index (χ1n) is 4.68. The predicted molar refractivity (Wildman–Crippen MR) is 57.1 cm³/mol. The minimum Gasteiger partial charge on any atom is -0.478 e. The Kier molecular flexibility index (Phi) is 2.00. The van der Waals surface area contributed by atoms with Crippen molar-refractivity contribution in [3.05, 3.63) is 29.0 Å². The van der Waals surface area contributed by atoms with E-state index in [-0.39, 0.29) is 5.56 Å². The van der Waals surface area contributed by atoms with Crippen molar-refractivity contribution in [1.82, 2.24) is 9.78 Å². The Hall–Kier alpha value is -1.84. The lowest BCUT2D eigenvalue weighted by Crippen LogP contribution is -1.98. The molecule has 0 aliphatic heterocycles. The number of hydrogen-bond acceptors (Lipinski definition) is 2. The van der Waals surface area contributed by atoms with Crippen molar-refractivity contribution in [3.8, 4) is 0 Å². The third-order valence-corrected chi connectivity index (χ3v) is 2.71. The van der Waals surface area contributed by atoms with Crippen LogP contribution in [0.5, 0.6) is 0 Å². The van der Waals surface area contributed by atoms with Gasteiger partial charge in [0.05, 0.1) is 5.56 Å². The first-order chi connectivity index (χ1) is 7.02. The molecule has 0 radical (unpaired) electrons. The maximum Gasteiger partial charge on any atom is 0.337 e. The van der Waals surface area contributed by atoms with E-state index in [9.17, 15) is 4.79 Å². The molecule has 0 spiro atoms. The lowest BCUT2D eigenvalue weighted by atomic mass is 10.1. The van der Waals surface area contributed by atoms with Gasteiger partial charge < -0.3 is 5.11 Å². The van der Waals surface area contributed by atoms with E-state index in [4.69, 9.17) is 5.11 Å². The molecule has 78 valence electrons. The molecule has 0 atom stereocenters. The molecular weight excluding hydrogens is 192 g/mol. The van der Waals surface area contributed by atoms with E-state index < -0.39 is 5.97 Å². The van der Waals surface area contributed by atoms with Crippen LogP contribution in [0.15, 0.2) is 12.1 Å². The number of hydrogen-bond donors (Lipinski definition) is 1. The van der Waals surface area contributed by atoms with Crippen molar-refractivity contribution in [2.75, 3.05) is 0 Å². The van der Waals surface area contributed by atoms with Crippen LogP contribution >= 0.6 is 0 Å². The number of carboxylic acids is 1. The van der Waals surface area contributed by atoms with Gasteiger partial charge in [-0.2, -0.15) is 5.10 Å². The van der Waals surface area contributed by atoms with Crippen LogP contribution in [0.2, 0.25) is 0 Å². The van der Waals surface area contributed by atoms with Crippen LogP contribution in [0.4, 0.5) is 0 Å². The molecule has 4 nitrogen and oxygen atoms in total. The van der Waals surface area contributed by atoms with E-state index >= 15 is 0 Å². The molecule has 0 unspecified atom stereocenters. The smallest absolute Gasteiger partial charge is 0.337 e. The molecule has 15 heavy (non-hydrogen) atoms. The summed E-state index contributed by atoms with van der Waals surface area (Å²) >= 11 is 0. The van der Waals surface area contributed by atoms with Gasteiger partial charge in [0.2, 0.25) is 0 Å². The first-order valence-corrected chi connectivity index (χ1v) is 4.68. The van der Waals surface area contributed by atoms with E-state index in [1.807, 2.05) is 27.0 Å². The summed E-state index contributed by atoms with van der Waals surface area (Å²) in [6, 6.07) is 3.42. The molecule has 1 aromatic heterocycles. The number of fused-ring (bicyclic) bond motifs is 1. The SMILES string of the molecule is Cc1ccc(C(=O)O)c2nn(C)c(C)c12. The van der Waals surface area contributed by atoms with Crippen molar-refractivity contribution >= 4 is 16.9 Å². The Bertz CT molecular complexity index is 555. The Morgan fingerprint density at radius 2 is 2.07 bits per heavy atom. The molecule has 0 saturated heterocycles. The molecule has 0 aliphatic carbocycles. The van der Waals surface area contributed by atoms with E-state index in [0.29, 0.717) is 5.52 Å². The van der Waals surface area contributed by atoms with Gasteiger partial charge in [-0.05, 0) is 25.5 Å². The monoisotopic (exact) mass is 204 g/mol. The van der Waals surface area contributed by atoms with Crippen molar-refractivity contribution in [1.29, 1.82) is 0 Å². The fourth-order valence-corrected chi connectivity index (χ4v) is 1.81. The molecule has 2 aromatic rings. The van der Waals surface area contributed by atoms with Crippen LogP contribution in [0, 0.1) is 13.8 Å². The Labute approximate surface area is 87.1 Å². The summed E-state index contributed by atoms with van der Waals surface area (Å²) in [5.74, 6) is -0.932. The van der Waals surface area contributed by atoms with Crippen LogP contribution < -0.4 is 0 Å². The molecule has 0 saturated carbocycles. The molecule has 1 N–H and O–H groups in total. The largest absolute Gasteiger partial charge is 0.478 e. The van der Waals surface area contributed by atoms with Crippen LogP contribution in [0.25, 0.3) is 10.9 Å². The van der Waals surface area contributed by atoms with Gasteiger partial charge in [-0.25, -0.2) is 4.79 Å². The number of rotatable bonds is 1. The molecular formula is C11H12N2O2. The number of carboxylic acid groups (broad SMARTS) is 1. The number of aryl methyl sites for hydroxylation is 3. The Balaban J connectivity index is 2.95. The molecule has 1 aromatic carbocycles. The Morgan fingerprint density at radius 1 is 1.40 bits per heavy atom. The van der Waals surface area contributed by atoms with Gasteiger partial charge in [-0.1, -0.05) is 6.07 Å². The van der Waals surface area contributed by atoms with Gasteiger partial charge in [0.1, 0.15) is 5.52 Å².